The number of carbonyl (C=O) groups is 1. The summed E-state index contributed by atoms with van der Waals surface area (Å²) in [5.41, 5.74) is 0.502. The molecule has 8 heteroatoms. The Labute approximate surface area is 194 Å². The standard InChI is InChI=1S/C25H26N2O5S/c1-19(31-22-11-13-23(14-12-22)32-21-7-3-2-4-8-21)25(28)26-20-9-15-24(16-10-20)33(29,30)27-17-5-6-18-27/h2-4,7-16,19H,5-6,17-18H2,1H3,(H,26,28). The molecule has 0 saturated carbocycles. The zero-order valence-corrected chi connectivity index (χ0v) is 19.1. The number of hydrogen-bond donors (Lipinski definition) is 1. The Balaban J connectivity index is 1.32. The van der Waals surface area contributed by atoms with E-state index < -0.39 is 16.1 Å². The highest BCUT2D eigenvalue weighted by molar-refractivity contribution is 7.89. The molecule has 1 aliphatic heterocycles. The number of amides is 1. The zero-order chi connectivity index (χ0) is 23.3. The fourth-order valence-corrected chi connectivity index (χ4v) is 5.02. The zero-order valence-electron chi connectivity index (χ0n) is 18.3. The summed E-state index contributed by atoms with van der Waals surface area (Å²) in [5, 5.41) is 2.76. The maximum atomic E-state index is 12.6. The normalized spacial score (nSPS) is 15.1. The molecule has 3 aromatic rings. The van der Waals surface area contributed by atoms with Crippen LogP contribution in [0.4, 0.5) is 5.69 Å². The van der Waals surface area contributed by atoms with Gasteiger partial charge < -0.3 is 14.8 Å². The molecule has 7 nitrogen and oxygen atoms in total. The molecule has 172 valence electrons. The van der Waals surface area contributed by atoms with Gasteiger partial charge in [-0.25, -0.2) is 8.42 Å². The van der Waals surface area contributed by atoms with Crippen LogP contribution >= 0.6 is 0 Å². The van der Waals surface area contributed by atoms with E-state index in [1.807, 2.05) is 30.3 Å². The van der Waals surface area contributed by atoms with Crippen LogP contribution in [0.25, 0.3) is 0 Å². The summed E-state index contributed by atoms with van der Waals surface area (Å²) in [6.45, 7) is 2.75. The Hall–Kier alpha value is -3.36. The number of carbonyl (C=O) groups excluding carboxylic acids is 1. The second kappa shape index (κ2) is 10.1. The van der Waals surface area contributed by atoms with E-state index in [1.54, 1.807) is 43.3 Å². The first-order valence-corrected chi connectivity index (χ1v) is 12.3. The third-order valence-electron chi connectivity index (χ3n) is 5.31. The van der Waals surface area contributed by atoms with Crippen LogP contribution in [0.1, 0.15) is 19.8 Å². The molecule has 0 spiro atoms. The fourth-order valence-electron chi connectivity index (χ4n) is 3.50. The van der Waals surface area contributed by atoms with Gasteiger partial charge in [-0.1, -0.05) is 18.2 Å². The third kappa shape index (κ3) is 5.71. The minimum atomic E-state index is -3.48. The second-order valence-electron chi connectivity index (χ2n) is 7.77. The van der Waals surface area contributed by atoms with Gasteiger partial charge in [-0.2, -0.15) is 4.31 Å². The van der Waals surface area contributed by atoms with Crippen LogP contribution in [0.15, 0.2) is 83.8 Å². The molecule has 0 aromatic heterocycles. The lowest BCUT2D eigenvalue weighted by Gasteiger charge is -2.17. The Bertz CT molecular complexity index is 1170. The fraction of sp³-hybridized carbons (Fsp3) is 0.240. The Morgan fingerprint density at radius 3 is 2.06 bits per heavy atom. The SMILES string of the molecule is CC(Oc1ccc(Oc2ccccc2)cc1)C(=O)Nc1ccc(S(=O)(=O)N2CCCC2)cc1. The predicted molar refractivity (Wildman–Crippen MR) is 126 cm³/mol. The number of sulfonamides is 1. The van der Waals surface area contributed by atoms with Gasteiger partial charge in [-0.05, 0) is 80.4 Å². The number of para-hydroxylation sites is 1. The Morgan fingerprint density at radius 2 is 1.42 bits per heavy atom. The molecule has 1 aliphatic rings. The largest absolute Gasteiger partial charge is 0.481 e. The molecule has 0 aliphatic carbocycles. The van der Waals surface area contributed by atoms with E-state index in [9.17, 15) is 13.2 Å². The van der Waals surface area contributed by atoms with Crippen molar-refractivity contribution in [1.29, 1.82) is 0 Å². The highest BCUT2D eigenvalue weighted by Crippen LogP contribution is 2.25. The van der Waals surface area contributed by atoms with Crippen molar-refractivity contribution in [2.75, 3.05) is 18.4 Å². The maximum Gasteiger partial charge on any atom is 0.265 e. The number of nitrogens with zero attached hydrogens (tertiary/aromatic N) is 1. The van der Waals surface area contributed by atoms with Gasteiger partial charge in [0, 0.05) is 18.8 Å². The number of benzene rings is 3. The summed E-state index contributed by atoms with van der Waals surface area (Å²) in [7, 11) is -3.48. The summed E-state index contributed by atoms with van der Waals surface area (Å²) in [6.07, 6.45) is 1.01. The van der Waals surface area contributed by atoms with E-state index >= 15 is 0 Å². The topological polar surface area (TPSA) is 84.9 Å². The molecule has 1 N–H and O–H groups in total. The summed E-state index contributed by atoms with van der Waals surface area (Å²) in [6, 6.07) is 22.7. The van der Waals surface area contributed by atoms with Gasteiger partial charge in [-0.3, -0.25) is 4.79 Å². The maximum absolute atomic E-state index is 12.6. The number of anilines is 1. The summed E-state index contributed by atoms with van der Waals surface area (Å²) < 4.78 is 38.2. The van der Waals surface area contributed by atoms with Gasteiger partial charge >= 0.3 is 0 Å². The van der Waals surface area contributed by atoms with Gasteiger partial charge in [0.05, 0.1) is 4.90 Å². The number of ether oxygens (including phenoxy) is 2. The highest BCUT2D eigenvalue weighted by Gasteiger charge is 2.27. The molecule has 4 rings (SSSR count). The van der Waals surface area contributed by atoms with Crippen LogP contribution in [0.5, 0.6) is 17.2 Å². The molecular weight excluding hydrogens is 440 g/mol. The molecule has 1 saturated heterocycles. The molecule has 0 radical (unpaired) electrons. The summed E-state index contributed by atoms with van der Waals surface area (Å²) in [5.74, 6) is 1.59. The first-order valence-electron chi connectivity index (χ1n) is 10.8. The van der Waals surface area contributed by atoms with Gasteiger partial charge in [-0.15, -0.1) is 0 Å². The van der Waals surface area contributed by atoms with Crippen LogP contribution in [0, 0.1) is 0 Å². The van der Waals surface area contributed by atoms with Crippen molar-refractivity contribution in [3.05, 3.63) is 78.9 Å². The lowest BCUT2D eigenvalue weighted by Crippen LogP contribution is -2.30. The van der Waals surface area contributed by atoms with Gasteiger partial charge in [0.1, 0.15) is 17.2 Å². The Morgan fingerprint density at radius 1 is 0.848 bits per heavy atom. The number of nitrogens with one attached hydrogen (secondary N) is 1. The van der Waals surface area contributed by atoms with Gasteiger partial charge in [0.2, 0.25) is 10.0 Å². The van der Waals surface area contributed by atoms with Crippen molar-refractivity contribution in [2.45, 2.75) is 30.8 Å². The van der Waals surface area contributed by atoms with E-state index in [0.717, 1.165) is 18.6 Å². The molecule has 0 bridgehead atoms. The summed E-state index contributed by atoms with van der Waals surface area (Å²) in [4.78, 5) is 12.8. The Kier molecular flexibility index (Phi) is 6.96. The predicted octanol–water partition coefficient (Wildman–Crippen LogP) is 4.67. The molecular formula is C25H26N2O5S. The van der Waals surface area contributed by atoms with Crippen molar-refractivity contribution < 1.29 is 22.7 Å². The average molecular weight is 467 g/mol. The first-order chi connectivity index (χ1) is 15.9. The number of rotatable bonds is 8. The van der Waals surface area contributed by atoms with Crippen LogP contribution in [0.3, 0.4) is 0 Å². The van der Waals surface area contributed by atoms with Crippen LogP contribution in [0.2, 0.25) is 0 Å². The van der Waals surface area contributed by atoms with Crippen molar-refractivity contribution in [1.82, 2.24) is 4.31 Å². The molecule has 1 amide bonds. The first kappa shape index (κ1) is 22.8. The van der Waals surface area contributed by atoms with Crippen molar-refractivity contribution in [2.24, 2.45) is 0 Å². The minimum absolute atomic E-state index is 0.226. The summed E-state index contributed by atoms with van der Waals surface area (Å²) >= 11 is 0. The lowest BCUT2D eigenvalue weighted by molar-refractivity contribution is -0.122. The third-order valence-corrected chi connectivity index (χ3v) is 7.22. The highest BCUT2D eigenvalue weighted by atomic mass is 32.2. The van der Waals surface area contributed by atoms with E-state index in [0.29, 0.717) is 30.3 Å². The van der Waals surface area contributed by atoms with Crippen LogP contribution in [-0.4, -0.2) is 37.8 Å². The number of hydrogen-bond acceptors (Lipinski definition) is 5. The monoisotopic (exact) mass is 466 g/mol. The van der Waals surface area contributed by atoms with E-state index in [1.165, 1.54) is 16.4 Å². The minimum Gasteiger partial charge on any atom is -0.481 e. The van der Waals surface area contributed by atoms with E-state index in [-0.39, 0.29) is 10.8 Å². The molecule has 1 atom stereocenters. The van der Waals surface area contributed by atoms with Crippen molar-refractivity contribution in [3.63, 3.8) is 0 Å². The smallest absolute Gasteiger partial charge is 0.265 e. The second-order valence-corrected chi connectivity index (χ2v) is 9.71. The van der Waals surface area contributed by atoms with Crippen molar-refractivity contribution >= 4 is 21.6 Å². The molecule has 1 unspecified atom stereocenters. The quantitative estimate of drug-likeness (QED) is 0.522. The van der Waals surface area contributed by atoms with E-state index in [4.69, 9.17) is 9.47 Å². The molecule has 33 heavy (non-hydrogen) atoms. The van der Waals surface area contributed by atoms with Gasteiger partial charge in [0.25, 0.3) is 5.91 Å². The molecule has 1 fully saturated rings. The van der Waals surface area contributed by atoms with Crippen LogP contribution in [-0.2, 0) is 14.8 Å². The average Bonchev–Trinajstić information content (AvgIpc) is 3.37. The lowest BCUT2D eigenvalue weighted by atomic mass is 10.3. The van der Waals surface area contributed by atoms with Crippen LogP contribution < -0.4 is 14.8 Å². The molecule has 1 heterocycles. The van der Waals surface area contributed by atoms with Gasteiger partial charge in [0.15, 0.2) is 6.10 Å². The van der Waals surface area contributed by atoms with Crippen molar-refractivity contribution in [3.8, 4) is 17.2 Å². The van der Waals surface area contributed by atoms with E-state index in [2.05, 4.69) is 5.32 Å². The molecule has 3 aromatic carbocycles.